The molecule has 0 bridgehead atoms. The molecule has 38 heavy (non-hydrogen) atoms. The van der Waals surface area contributed by atoms with Crippen molar-refractivity contribution in [3.63, 3.8) is 0 Å². The molecule has 6 nitrogen and oxygen atoms in total. The molecule has 0 amide bonds. The fourth-order valence-electron chi connectivity index (χ4n) is 5.05. The van der Waals surface area contributed by atoms with Gasteiger partial charge in [-0.05, 0) is 62.2 Å². The number of hydrogen-bond donors (Lipinski definition) is 3. The van der Waals surface area contributed by atoms with E-state index in [1.54, 1.807) is 13.0 Å². The maximum atomic E-state index is 16.2. The van der Waals surface area contributed by atoms with Gasteiger partial charge in [0, 0.05) is 29.2 Å². The number of alkyl halides is 3. The Labute approximate surface area is 217 Å². The lowest BCUT2D eigenvalue weighted by molar-refractivity contribution is -0.0868. The van der Waals surface area contributed by atoms with Gasteiger partial charge in [0.05, 0.1) is 31.9 Å². The normalized spacial score (nSPS) is 18.1. The van der Waals surface area contributed by atoms with E-state index in [0.717, 1.165) is 0 Å². The van der Waals surface area contributed by atoms with Gasteiger partial charge in [-0.2, -0.15) is 0 Å². The minimum absolute atomic E-state index is 0.0102. The van der Waals surface area contributed by atoms with Crippen molar-refractivity contribution in [3.8, 4) is 11.5 Å². The molecule has 0 saturated heterocycles. The number of hydrogen-bond acceptors (Lipinski definition) is 5. The number of methoxy groups -OCH3 is 1. The van der Waals surface area contributed by atoms with Crippen LogP contribution in [0.5, 0.6) is 11.5 Å². The van der Waals surface area contributed by atoms with Crippen molar-refractivity contribution in [2.75, 3.05) is 46.6 Å². The molecule has 1 aliphatic heterocycles. The van der Waals surface area contributed by atoms with Gasteiger partial charge in [0.2, 0.25) is 0 Å². The number of H-pyrrole nitrogens is 1. The maximum absolute atomic E-state index is 16.2. The van der Waals surface area contributed by atoms with E-state index in [1.807, 2.05) is 0 Å². The third kappa shape index (κ3) is 5.74. The standard InChI is InChI=1S/C27H32F5N3O3/c1-16-12-19-18-13-17(29)4-5-20(18)34-25(19)26(35(16)14-27(31,32)15-36)23-21(37-2)6-7-22(24(23)30)38-11-10-33-9-3-8-28/h4-7,13,16,26,33-34,36H,3,8-12,14-15H2,1-2H3/t16-,26?/m1/s1. The Morgan fingerprint density at radius 2 is 1.92 bits per heavy atom. The number of benzene rings is 2. The number of rotatable bonds is 12. The summed E-state index contributed by atoms with van der Waals surface area (Å²) in [6.07, 6.45) is 0.660. The summed E-state index contributed by atoms with van der Waals surface area (Å²) in [6.45, 7) is -0.0225. The van der Waals surface area contributed by atoms with Gasteiger partial charge in [-0.15, -0.1) is 0 Å². The first kappa shape index (κ1) is 28.1. The highest BCUT2D eigenvalue weighted by molar-refractivity contribution is 5.85. The fraction of sp³-hybridized carbons (Fsp3) is 0.481. The molecular weight excluding hydrogens is 509 g/mol. The third-order valence-corrected chi connectivity index (χ3v) is 6.84. The quantitative estimate of drug-likeness (QED) is 0.228. The van der Waals surface area contributed by atoms with Gasteiger partial charge < -0.3 is 24.9 Å². The maximum Gasteiger partial charge on any atom is 0.283 e. The first-order valence-electron chi connectivity index (χ1n) is 12.5. The SMILES string of the molecule is COc1ccc(OCCNCCCF)c(F)c1C1c2[nH]c3ccc(F)cc3c2C[C@@H](C)N1CC(F)(F)CO. The van der Waals surface area contributed by atoms with Crippen LogP contribution in [0, 0.1) is 11.6 Å². The van der Waals surface area contributed by atoms with Gasteiger partial charge in [0.15, 0.2) is 11.6 Å². The summed E-state index contributed by atoms with van der Waals surface area (Å²) in [4.78, 5) is 4.62. The van der Waals surface area contributed by atoms with Crippen LogP contribution >= 0.6 is 0 Å². The van der Waals surface area contributed by atoms with Crippen LogP contribution in [0.15, 0.2) is 30.3 Å². The Morgan fingerprint density at radius 3 is 2.63 bits per heavy atom. The van der Waals surface area contributed by atoms with Crippen LogP contribution in [-0.4, -0.2) is 73.6 Å². The van der Waals surface area contributed by atoms with Crippen LogP contribution in [0.25, 0.3) is 10.9 Å². The Bertz CT molecular complexity index is 1250. The molecule has 0 fully saturated rings. The molecule has 0 spiro atoms. The Hall–Kier alpha value is -2.89. The molecule has 0 radical (unpaired) electrons. The highest BCUT2D eigenvalue weighted by atomic mass is 19.3. The van der Waals surface area contributed by atoms with Crippen LogP contribution in [0.3, 0.4) is 0 Å². The fourth-order valence-corrected chi connectivity index (χ4v) is 5.05. The number of aliphatic hydroxyl groups excluding tert-OH is 1. The number of aliphatic hydroxyl groups is 1. The van der Waals surface area contributed by atoms with E-state index in [0.29, 0.717) is 48.1 Å². The van der Waals surface area contributed by atoms with Crippen molar-refractivity contribution in [3.05, 3.63) is 58.8 Å². The molecule has 11 heteroatoms. The molecule has 3 aromatic rings. The van der Waals surface area contributed by atoms with E-state index in [9.17, 15) is 22.7 Å². The van der Waals surface area contributed by atoms with E-state index in [1.165, 1.54) is 36.3 Å². The van der Waals surface area contributed by atoms with Gasteiger partial charge in [0.25, 0.3) is 5.92 Å². The predicted octanol–water partition coefficient (Wildman–Crippen LogP) is 4.75. The van der Waals surface area contributed by atoms with E-state index >= 15 is 4.39 Å². The van der Waals surface area contributed by atoms with Gasteiger partial charge >= 0.3 is 0 Å². The average Bonchev–Trinajstić information content (AvgIpc) is 3.24. The van der Waals surface area contributed by atoms with Crippen molar-refractivity contribution in [2.24, 2.45) is 0 Å². The number of halogens is 5. The van der Waals surface area contributed by atoms with Crippen molar-refractivity contribution in [2.45, 2.75) is 37.8 Å². The van der Waals surface area contributed by atoms with E-state index < -0.39 is 49.5 Å². The van der Waals surface area contributed by atoms with Crippen molar-refractivity contribution in [1.82, 2.24) is 15.2 Å². The molecule has 1 unspecified atom stereocenters. The first-order valence-corrected chi connectivity index (χ1v) is 12.5. The van der Waals surface area contributed by atoms with Crippen molar-refractivity contribution < 1.29 is 36.5 Å². The van der Waals surface area contributed by atoms with E-state index in [2.05, 4.69) is 10.3 Å². The summed E-state index contributed by atoms with van der Waals surface area (Å²) in [7, 11) is 1.36. The number of nitrogens with zero attached hydrogens (tertiary/aromatic N) is 1. The summed E-state index contributed by atoms with van der Waals surface area (Å²) >= 11 is 0. The van der Waals surface area contributed by atoms with Crippen molar-refractivity contribution >= 4 is 10.9 Å². The second kappa shape index (κ2) is 11.9. The largest absolute Gasteiger partial charge is 0.496 e. The van der Waals surface area contributed by atoms with Gasteiger partial charge in [-0.1, -0.05) is 0 Å². The summed E-state index contributed by atoms with van der Waals surface area (Å²) in [5, 5.41) is 12.9. The van der Waals surface area contributed by atoms with Crippen LogP contribution < -0.4 is 14.8 Å². The second-order valence-electron chi connectivity index (χ2n) is 9.48. The van der Waals surface area contributed by atoms with E-state index in [-0.39, 0.29) is 23.7 Å². The number of fused-ring (bicyclic) bond motifs is 3. The summed E-state index contributed by atoms with van der Waals surface area (Å²) in [6, 6.07) is 5.55. The molecule has 208 valence electrons. The molecule has 4 rings (SSSR count). The minimum atomic E-state index is -3.45. The Morgan fingerprint density at radius 1 is 1.16 bits per heavy atom. The zero-order valence-corrected chi connectivity index (χ0v) is 21.3. The summed E-state index contributed by atoms with van der Waals surface area (Å²) < 4.78 is 82.8. The van der Waals surface area contributed by atoms with Gasteiger partial charge in [-0.25, -0.2) is 17.6 Å². The lowest BCUT2D eigenvalue weighted by Gasteiger charge is -2.42. The first-order chi connectivity index (χ1) is 18.2. The second-order valence-corrected chi connectivity index (χ2v) is 9.48. The molecule has 2 aromatic carbocycles. The lowest BCUT2D eigenvalue weighted by Crippen LogP contribution is -2.49. The molecular formula is C27H32F5N3O3. The molecule has 1 aromatic heterocycles. The number of ether oxygens (including phenoxy) is 2. The van der Waals surface area contributed by atoms with Crippen LogP contribution in [-0.2, 0) is 6.42 Å². The topological polar surface area (TPSA) is 69.8 Å². The smallest absolute Gasteiger partial charge is 0.283 e. The lowest BCUT2D eigenvalue weighted by atomic mass is 9.87. The zero-order chi connectivity index (χ0) is 27.4. The Kier molecular flexibility index (Phi) is 8.79. The third-order valence-electron chi connectivity index (χ3n) is 6.84. The molecule has 0 saturated carbocycles. The van der Waals surface area contributed by atoms with Crippen LogP contribution in [0.1, 0.15) is 36.2 Å². The molecule has 0 aliphatic carbocycles. The molecule has 3 N–H and O–H groups in total. The van der Waals surface area contributed by atoms with Crippen LogP contribution in [0.2, 0.25) is 0 Å². The van der Waals surface area contributed by atoms with Gasteiger partial charge in [0.1, 0.15) is 24.8 Å². The average molecular weight is 542 g/mol. The predicted molar refractivity (Wildman–Crippen MR) is 134 cm³/mol. The summed E-state index contributed by atoms with van der Waals surface area (Å²) in [5.74, 6) is -4.64. The monoisotopic (exact) mass is 541 g/mol. The van der Waals surface area contributed by atoms with E-state index in [4.69, 9.17) is 9.47 Å². The molecule has 2 heterocycles. The highest BCUT2D eigenvalue weighted by Crippen LogP contribution is 2.46. The molecule has 1 aliphatic rings. The van der Waals surface area contributed by atoms with Gasteiger partial charge in [-0.3, -0.25) is 9.29 Å². The number of nitrogens with one attached hydrogen (secondary N) is 2. The number of aromatic amines is 1. The Balaban J connectivity index is 1.81. The number of aromatic nitrogens is 1. The summed E-state index contributed by atoms with van der Waals surface area (Å²) in [5.41, 5.74) is 1.73. The van der Waals surface area contributed by atoms with Crippen molar-refractivity contribution in [1.29, 1.82) is 0 Å². The van der Waals surface area contributed by atoms with Crippen LogP contribution in [0.4, 0.5) is 22.0 Å². The zero-order valence-electron chi connectivity index (χ0n) is 21.3. The molecule has 2 atom stereocenters. The minimum Gasteiger partial charge on any atom is -0.496 e. The highest BCUT2D eigenvalue weighted by Gasteiger charge is 2.44.